The first-order valence-corrected chi connectivity index (χ1v) is 5.95. The second-order valence-corrected chi connectivity index (χ2v) is 4.97. The molecule has 0 aromatic carbocycles. The van der Waals surface area contributed by atoms with Crippen molar-refractivity contribution < 1.29 is 0 Å². The first-order chi connectivity index (χ1) is 6.84. The van der Waals surface area contributed by atoms with Crippen LogP contribution in [-0.4, -0.2) is 28.3 Å². The molecule has 0 amide bonds. The average Bonchev–Trinajstić information content (AvgIpc) is 2.23. The summed E-state index contributed by atoms with van der Waals surface area (Å²) in [4.78, 5) is 8.33. The van der Waals surface area contributed by atoms with Crippen LogP contribution in [0.2, 0.25) is 5.02 Å². The minimum atomic E-state index is 0. The Morgan fingerprint density at radius 3 is 2.73 bits per heavy atom. The van der Waals surface area contributed by atoms with E-state index < -0.39 is 0 Å². The second-order valence-electron chi connectivity index (χ2n) is 3.27. The van der Waals surface area contributed by atoms with E-state index in [0.29, 0.717) is 10.3 Å². The van der Waals surface area contributed by atoms with Crippen LogP contribution in [0.5, 0.6) is 0 Å². The van der Waals surface area contributed by atoms with E-state index in [0.717, 1.165) is 18.2 Å². The van der Waals surface area contributed by atoms with Gasteiger partial charge < -0.3 is 5.32 Å². The van der Waals surface area contributed by atoms with Crippen molar-refractivity contribution >= 4 is 35.8 Å². The molecule has 1 aliphatic rings. The highest BCUT2D eigenvalue weighted by Crippen LogP contribution is 2.24. The van der Waals surface area contributed by atoms with Crippen molar-refractivity contribution in [1.29, 1.82) is 0 Å². The number of nitrogens with one attached hydrogen (secondary N) is 1. The normalized spacial score (nSPS) is 20.7. The Morgan fingerprint density at radius 2 is 2.13 bits per heavy atom. The van der Waals surface area contributed by atoms with Gasteiger partial charge in [0.05, 0.1) is 17.4 Å². The molecule has 1 atom stereocenters. The van der Waals surface area contributed by atoms with Crippen LogP contribution in [0.25, 0.3) is 0 Å². The largest absolute Gasteiger partial charge is 0.316 e. The monoisotopic (exact) mass is 265 g/mol. The van der Waals surface area contributed by atoms with Crippen molar-refractivity contribution in [1.82, 2.24) is 15.3 Å². The number of aromatic nitrogens is 2. The number of rotatable bonds is 2. The van der Waals surface area contributed by atoms with Gasteiger partial charge in [-0.3, -0.25) is 0 Å². The minimum Gasteiger partial charge on any atom is -0.316 e. The van der Waals surface area contributed by atoms with Gasteiger partial charge in [-0.25, -0.2) is 9.97 Å². The Kier molecular flexibility index (Phi) is 5.68. The first kappa shape index (κ1) is 13.0. The highest BCUT2D eigenvalue weighted by atomic mass is 35.5. The highest BCUT2D eigenvalue weighted by Gasteiger charge is 2.15. The van der Waals surface area contributed by atoms with E-state index in [1.807, 2.05) is 0 Å². The predicted octanol–water partition coefficient (Wildman–Crippen LogP) is 2.40. The van der Waals surface area contributed by atoms with Gasteiger partial charge in [0.15, 0.2) is 5.16 Å². The third kappa shape index (κ3) is 4.15. The Morgan fingerprint density at radius 1 is 1.40 bits per heavy atom. The molecule has 84 valence electrons. The molecule has 0 aliphatic carbocycles. The Bertz CT molecular complexity index is 288. The van der Waals surface area contributed by atoms with Crippen molar-refractivity contribution in [3.63, 3.8) is 0 Å². The van der Waals surface area contributed by atoms with Gasteiger partial charge in [-0.2, -0.15) is 0 Å². The van der Waals surface area contributed by atoms with Crippen LogP contribution in [-0.2, 0) is 0 Å². The lowest BCUT2D eigenvalue weighted by Crippen LogP contribution is -2.31. The molecule has 1 unspecified atom stereocenters. The Hall–Kier alpha value is -0.0300. The smallest absolute Gasteiger partial charge is 0.187 e. The van der Waals surface area contributed by atoms with E-state index >= 15 is 0 Å². The fraction of sp³-hybridized carbons (Fsp3) is 0.556. The molecule has 6 heteroatoms. The molecule has 1 aromatic rings. The minimum absolute atomic E-state index is 0. The van der Waals surface area contributed by atoms with Crippen molar-refractivity contribution in [3.05, 3.63) is 17.4 Å². The van der Waals surface area contributed by atoms with Crippen molar-refractivity contribution in [2.45, 2.75) is 23.2 Å². The van der Waals surface area contributed by atoms with Crippen LogP contribution in [0, 0.1) is 0 Å². The molecule has 0 radical (unpaired) electrons. The van der Waals surface area contributed by atoms with Crippen LogP contribution in [0.15, 0.2) is 17.6 Å². The summed E-state index contributed by atoms with van der Waals surface area (Å²) < 4.78 is 0. The summed E-state index contributed by atoms with van der Waals surface area (Å²) in [7, 11) is 0. The second kappa shape index (κ2) is 6.53. The molecule has 0 bridgehead atoms. The van der Waals surface area contributed by atoms with E-state index in [4.69, 9.17) is 11.6 Å². The van der Waals surface area contributed by atoms with Crippen LogP contribution >= 0.6 is 35.8 Å². The topological polar surface area (TPSA) is 37.8 Å². The molecule has 15 heavy (non-hydrogen) atoms. The zero-order valence-corrected chi connectivity index (χ0v) is 10.5. The van der Waals surface area contributed by atoms with E-state index in [-0.39, 0.29) is 12.4 Å². The lowest BCUT2D eigenvalue weighted by atomic mass is 10.2. The maximum atomic E-state index is 5.71. The van der Waals surface area contributed by atoms with Crippen molar-refractivity contribution in [2.24, 2.45) is 0 Å². The molecule has 1 N–H and O–H groups in total. The van der Waals surface area contributed by atoms with E-state index in [1.54, 1.807) is 24.2 Å². The Balaban J connectivity index is 0.00000112. The molecular weight excluding hydrogens is 253 g/mol. The standard InChI is InChI=1S/C9H12ClN3S.ClH/c10-7-4-12-9(13-5-7)14-8-2-1-3-11-6-8;/h4-5,8,11H,1-3,6H2;1H. The summed E-state index contributed by atoms with van der Waals surface area (Å²) in [6.07, 6.45) is 5.77. The van der Waals surface area contributed by atoms with Gasteiger partial charge in [-0.05, 0) is 19.4 Å². The van der Waals surface area contributed by atoms with Gasteiger partial charge >= 0.3 is 0 Å². The van der Waals surface area contributed by atoms with Crippen molar-refractivity contribution in [2.75, 3.05) is 13.1 Å². The maximum absolute atomic E-state index is 5.71. The zero-order chi connectivity index (χ0) is 9.80. The van der Waals surface area contributed by atoms with Crippen LogP contribution in [0.3, 0.4) is 0 Å². The summed E-state index contributed by atoms with van der Waals surface area (Å²) in [5, 5.41) is 5.38. The van der Waals surface area contributed by atoms with E-state index in [9.17, 15) is 0 Å². The highest BCUT2D eigenvalue weighted by molar-refractivity contribution is 7.99. The summed E-state index contributed by atoms with van der Waals surface area (Å²) in [5.41, 5.74) is 0. The lowest BCUT2D eigenvalue weighted by molar-refractivity contribution is 0.530. The fourth-order valence-corrected chi connectivity index (χ4v) is 2.54. The SMILES string of the molecule is Cl.Clc1cnc(SC2CCCNC2)nc1. The first-order valence-electron chi connectivity index (χ1n) is 4.69. The number of piperidine rings is 1. The number of thioether (sulfide) groups is 1. The number of hydrogen-bond acceptors (Lipinski definition) is 4. The van der Waals surface area contributed by atoms with Gasteiger partial charge in [0.1, 0.15) is 0 Å². The quantitative estimate of drug-likeness (QED) is 0.834. The summed E-state index contributed by atoms with van der Waals surface area (Å²) in [5.74, 6) is 0. The molecule has 0 spiro atoms. The lowest BCUT2D eigenvalue weighted by Gasteiger charge is -2.21. The van der Waals surface area contributed by atoms with Gasteiger partial charge in [-0.1, -0.05) is 23.4 Å². The van der Waals surface area contributed by atoms with Gasteiger partial charge in [-0.15, -0.1) is 12.4 Å². The zero-order valence-electron chi connectivity index (χ0n) is 8.15. The molecule has 1 saturated heterocycles. The predicted molar refractivity (Wildman–Crippen MR) is 66.0 cm³/mol. The van der Waals surface area contributed by atoms with Gasteiger partial charge in [0.25, 0.3) is 0 Å². The number of hydrogen-bond donors (Lipinski definition) is 1. The molecule has 1 fully saturated rings. The van der Waals surface area contributed by atoms with E-state index in [1.165, 1.54) is 12.8 Å². The summed E-state index contributed by atoms with van der Waals surface area (Å²) in [6, 6.07) is 0. The fourth-order valence-electron chi connectivity index (χ4n) is 1.43. The molecule has 2 heterocycles. The van der Waals surface area contributed by atoms with Gasteiger partial charge in [0.2, 0.25) is 0 Å². The van der Waals surface area contributed by atoms with Crippen LogP contribution in [0.1, 0.15) is 12.8 Å². The van der Waals surface area contributed by atoms with E-state index in [2.05, 4.69) is 15.3 Å². The van der Waals surface area contributed by atoms with Crippen molar-refractivity contribution in [3.8, 4) is 0 Å². The Labute approximate surface area is 105 Å². The van der Waals surface area contributed by atoms with Crippen LogP contribution < -0.4 is 5.32 Å². The van der Waals surface area contributed by atoms with Crippen LogP contribution in [0.4, 0.5) is 0 Å². The molecule has 2 rings (SSSR count). The molecule has 0 saturated carbocycles. The molecular formula is C9H13Cl2N3S. The number of halogens is 2. The number of nitrogens with zero attached hydrogens (tertiary/aromatic N) is 2. The van der Waals surface area contributed by atoms with Gasteiger partial charge in [0, 0.05) is 11.8 Å². The summed E-state index contributed by atoms with van der Waals surface area (Å²) >= 11 is 7.44. The third-order valence-electron chi connectivity index (χ3n) is 2.12. The third-order valence-corrected chi connectivity index (χ3v) is 3.47. The maximum Gasteiger partial charge on any atom is 0.187 e. The summed E-state index contributed by atoms with van der Waals surface area (Å²) in [6.45, 7) is 2.19. The molecule has 1 aromatic heterocycles. The molecule has 1 aliphatic heterocycles. The molecule has 3 nitrogen and oxygen atoms in total. The average molecular weight is 266 g/mol.